The van der Waals surface area contributed by atoms with Crippen molar-refractivity contribution in [3.05, 3.63) is 78.4 Å². The fourth-order valence-corrected chi connectivity index (χ4v) is 2.50. The standard InChI is InChI=1S/C18H19N5.HI/c19-18(20)22-11-16-3-1-2-4-17(16)15-7-5-14(6-8-15)12-23-10-9-21-13-23;/h1-10,13H,11-12H2,(H4,19,20,22);1H. The lowest BCUT2D eigenvalue weighted by atomic mass is 9.98. The second kappa shape index (κ2) is 8.49. The first-order valence-electron chi connectivity index (χ1n) is 7.41. The Balaban J connectivity index is 0.00000208. The monoisotopic (exact) mass is 433 g/mol. The molecule has 0 spiro atoms. The molecule has 1 heterocycles. The highest BCUT2D eigenvalue weighted by Gasteiger charge is 2.04. The predicted molar refractivity (Wildman–Crippen MR) is 108 cm³/mol. The topological polar surface area (TPSA) is 82.2 Å². The number of nitrogens with two attached hydrogens (primary N) is 2. The van der Waals surface area contributed by atoms with Crippen LogP contribution in [0.2, 0.25) is 0 Å². The molecule has 3 aromatic rings. The van der Waals surface area contributed by atoms with Crippen LogP contribution in [0.15, 0.2) is 72.2 Å². The minimum Gasteiger partial charge on any atom is -0.370 e. The van der Waals surface area contributed by atoms with Gasteiger partial charge >= 0.3 is 0 Å². The van der Waals surface area contributed by atoms with E-state index in [2.05, 4.69) is 40.3 Å². The molecule has 1 aromatic heterocycles. The zero-order chi connectivity index (χ0) is 16.1. The Morgan fingerprint density at radius 1 is 1.04 bits per heavy atom. The van der Waals surface area contributed by atoms with Crippen LogP contribution in [0, 0.1) is 0 Å². The normalized spacial score (nSPS) is 10.0. The summed E-state index contributed by atoms with van der Waals surface area (Å²) in [5, 5.41) is 0. The lowest BCUT2D eigenvalue weighted by Gasteiger charge is -2.09. The van der Waals surface area contributed by atoms with Crippen molar-refractivity contribution in [2.75, 3.05) is 0 Å². The number of hydrogen-bond acceptors (Lipinski definition) is 2. The summed E-state index contributed by atoms with van der Waals surface area (Å²) in [5.74, 6) is 0.107. The van der Waals surface area contributed by atoms with Gasteiger partial charge in [-0.2, -0.15) is 0 Å². The van der Waals surface area contributed by atoms with Crippen LogP contribution in [0.1, 0.15) is 11.1 Å². The molecule has 4 N–H and O–H groups in total. The first-order chi connectivity index (χ1) is 11.2. The molecule has 0 fully saturated rings. The van der Waals surface area contributed by atoms with Crippen LogP contribution in [0.5, 0.6) is 0 Å². The Kier molecular flexibility index (Phi) is 6.36. The van der Waals surface area contributed by atoms with E-state index in [9.17, 15) is 0 Å². The molecule has 6 heteroatoms. The van der Waals surface area contributed by atoms with E-state index in [0.717, 1.165) is 23.2 Å². The van der Waals surface area contributed by atoms with Crippen molar-refractivity contribution in [3.8, 4) is 11.1 Å². The van der Waals surface area contributed by atoms with Gasteiger partial charge in [-0.1, -0.05) is 48.5 Å². The van der Waals surface area contributed by atoms with Crippen LogP contribution in [0.3, 0.4) is 0 Å². The smallest absolute Gasteiger partial charge is 0.186 e. The van der Waals surface area contributed by atoms with Gasteiger partial charge in [0.15, 0.2) is 5.96 Å². The summed E-state index contributed by atoms with van der Waals surface area (Å²) in [6, 6.07) is 16.7. The van der Waals surface area contributed by atoms with Crippen LogP contribution in [0.25, 0.3) is 11.1 Å². The van der Waals surface area contributed by atoms with Crippen molar-refractivity contribution in [2.24, 2.45) is 16.5 Å². The lowest BCUT2D eigenvalue weighted by Crippen LogP contribution is -2.22. The fraction of sp³-hybridized carbons (Fsp3) is 0.111. The maximum Gasteiger partial charge on any atom is 0.186 e. The van der Waals surface area contributed by atoms with Gasteiger partial charge in [-0.25, -0.2) is 9.98 Å². The number of guanidine groups is 1. The molecular weight excluding hydrogens is 413 g/mol. The van der Waals surface area contributed by atoms with Gasteiger partial charge in [0.25, 0.3) is 0 Å². The third-order valence-electron chi connectivity index (χ3n) is 3.64. The average molecular weight is 433 g/mol. The number of imidazole rings is 1. The van der Waals surface area contributed by atoms with Gasteiger partial charge in [-0.15, -0.1) is 24.0 Å². The maximum absolute atomic E-state index is 5.43. The molecular formula is C18H20IN5. The van der Waals surface area contributed by atoms with Crippen molar-refractivity contribution in [1.29, 1.82) is 0 Å². The van der Waals surface area contributed by atoms with Crippen molar-refractivity contribution in [1.82, 2.24) is 9.55 Å². The van der Waals surface area contributed by atoms with Crippen molar-refractivity contribution < 1.29 is 0 Å². The van der Waals surface area contributed by atoms with Gasteiger partial charge in [0.2, 0.25) is 0 Å². The molecule has 24 heavy (non-hydrogen) atoms. The first-order valence-corrected chi connectivity index (χ1v) is 7.41. The Labute approximate surface area is 158 Å². The second-order valence-corrected chi connectivity index (χ2v) is 5.33. The van der Waals surface area contributed by atoms with Gasteiger partial charge in [0.05, 0.1) is 12.9 Å². The third-order valence-corrected chi connectivity index (χ3v) is 3.64. The highest BCUT2D eigenvalue weighted by molar-refractivity contribution is 14.0. The second-order valence-electron chi connectivity index (χ2n) is 5.33. The molecule has 0 aliphatic carbocycles. The molecule has 0 saturated heterocycles. The van der Waals surface area contributed by atoms with Crippen LogP contribution in [0.4, 0.5) is 0 Å². The number of benzene rings is 2. The van der Waals surface area contributed by atoms with Crippen molar-refractivity contribution in [2.45, 2.75) is 13.1 Å². The number of aliphatic imine (C=N–C) groups is 1. The summed E-state index contributed by atoms with van der Waals surface area (Å²) in [6.07, 6.45) is 5.56. The molecule has 0 atom stereocenters. The molecule has 5 nitrogen and oxygen atoms in total. The molecule has 124 valence electrons. The fourth-order valence-electron chi connectivity index (χ4n) is 2.50. The van der Waals surface area contributed by atoms with Crippen LogP contribution < -0.4 is 11.5 Å². The van der Waals surface area contributed by atoms with Gasteiger partial charge in [-0.05, 0) is 22.3 Å². The van der Waals surface area contributed by atoms with Crippen molar-refractivity contribution in [3.63, 3.8) is 0 Å². The van der Waals surface area contributed by atoms with E-state index in [1.807, 2.05) is 35.3 Å². The largest absolute Gasteiger partial charge is 0.370 e. The van der Waals surface area contributed by atoms with Gasteiger partial charge in [-0.3, -0.25) is 0 Å². The van der Waals surface area contributed by atoms with E-state index in [-0.39, 0.29) is 29.9 Å². The average Bonchev–Trinajstić information content (AvgIpc) is 3.07. The van der Waals surface area contributed by atoms with E-state index in [1.54, 1.807) is 6.20 Å². The van der Waals surface area contributed by atoms with Gasteiger partial charge in [0, 0.05) is 18.9 Å². The Bertz CT molecular complexity index is 791. The molecule has 2 aromatic carbocycles. The summed E-state index contributed by atoms with van der Waals surface area (Å²) in [7, 11) is 0. The molecule has 0 aliphatic rings. The number of aromatic nitrogens is 2. The van der Waals surface area contributed by atoms with E-state index in [0.29, 0.717) is 6.54 Å². The first kappa shape index (κ1) is 18.0. The summed E-state index contributed by atoms with van der Waals surface area (Å²) in [6.45, 7) is 1.30. The van der Waals surface area contributed by atoms with Crippen molar-refractivity contribution >= 4 is 29.9 Å². The van der Waals surface area contributed by atoms with Crippen LogP contribution >= 0.6 is 24.0 Å². The van der Waals surface area contributed by atoms with E-state index >= 15 is 0 Å². The molecule has 3 rings (SSSR count). The number of halogens is 1. The van der Waals surface area contributed by atoms with Crippen LogP contribution in [-0.2, 0) is 13.1 Å². The SMILES string of the molecule is I.NC(N)=NCc1ccccc1-c1ccc(Cn2ccnc2)cc1. The Morgan fingerprint density at radius 2 is 1.79 bits per heavy atom. The quantitative estimate of drug-likeness (QED) is 0.369. The minimum absolute atomic E-state index is 0. The Morgan fingerprint density at radius 3 is 2.46 bits per heavy atom. The molecule has 0 amide bonds. The summed E-state index contributed by atoms with van der Waals surface area (Å²) >= 11 is 0. The molecule has 0 unspecified atom stereocenters. The third kappa shape index (κ3) is 4.58. The summed E-state index contributed by atoms with van der Waals surface area (Å²) in [4.78, 5) is 8.17. The number of hydrogen-bond donors (Lipinski definition) is 2. The van der Waals surface area contributed by atoms with Crippen LogP contribution in [-0.4, -0.2) is 15.5 Å². The molecule has 0 saturated carbocycles. The maximum atomic E-state index is 5.43. The molecule has 0 bridgehead atoms. The zero-order valence-corrected chi connectivity index (χ0v) is 15.5. The van der Waals surface area contributed by atoms with E-state index < -0.39 is 0 Å². The van der Waals surface area contributed by atoms with Gasteiger partial charge < -0.3 is 16.0 Å². The number of rotatable bonds is 5. The number of nitrogens with zero attached hydrogens (tertiary/aromatic N) is 3. The zero-order valence-electron chi connectivity index (χ0n) is 13.2. The highest BCUT2D eigenvalue weighted by Crippen LogP contribution is 2.24. The predicted octanol–water partition coefficient (Wildman–Crippen LogP) is 2.99. The molecule has 0 aliphatic heterocycles. The molecule has 0 radical (unpaired) electrons. The summed E-state index contributed by atoms with van der Waals surface area (Å²) in [5.41, 5.74) is 15.5. The minimum atomic E-state index is 0. The lowest BCUT2D eigenvalue weighted by molar-refractivity contribution is 0.797. The Hall–Kier alpha value is -2.35. The van der Waals surface area contributed by atoms with Gasteiger partial charge in [0.1, 0.15) is 0 Å². The van der Waals surface area contributed by atoms with E-state index in [1.165, 1.54) is 5.56 Å². The summed E-state index contributed by atoms with van der Waals surface area (Å²) < 4.78 is 2.04. The van der Waals surface area contributed by atoms with E-state index in [4.69, 9.17) is 11.5 Å². The highest BCUT2D eigenvalue weighted by atomic mass is 127.